The van der Waals surface area contributed by atoms with Crippen LogP contribution in [-0.4, -0.2) is 29.5 Å². The molecule has 1 amide bonds. The van der Waals surface area contributed by atoms with Gasteiger partial charge in [0.15, 0.2) is 11.9 Å². The molecule has 9 heteroatoms. The van der Waals surface area contributed by atoms with Gasteiger partial charge in [0.25, 0.3) is 5.91 Å². The van der Waals surface area contributed by atoms with Crippen molar-refractivity contribution in [2.75, 3.05) is 5.32 Å². The van der Waals surface area contributed by atoms with Crippen LogP contribution < -0.4 is 5.32 Å². The van der Waals surface area contributed by atoms with E-state index in [4.69, 9.17) is 27.9 Å². The van der Waals surface area contributed by atoms with Crippen LogP contribution in [0.25, 0.3) is 0 Å². The second-order valence-electron chi connectivity index (χ2n) is 6.18. The molecule has 1 aromatic carbocycles. The Kier molecular flexibility index (Phi) is 8.82. The molecule has 2 rings (SSSR count). The highest BCUT2D eigenvalue weighted by atomic mass is 35.5. The lowest BCUT2D eigenvalue weighted by atomic mass is 10.1. The standard InChI is InChI=1S/C20H19Cl2NO5S/c1-12(20(27)23-16-11-13(21)4-7-15(16)22)28-19(26)9-6-14(24)5-8-17(25)18-3-2-10-29-18/h2-4,7,10-12H,5-6,8-9H2,1H3,(H,23,27)/t12-/m0/s1. The van der Waals surface area contributed by atoms with Crippen LogP contribution in [0.4, 0.5) is 5.69 Å². The van der Waals surface area contributed by atoms with Crippen LogP contribution >= 0.6 is 34.5 Å². The van der Waals surface area contributed by atoms with Gasteiger partial charge >= 0.3 is 5.97 Å². The molecule has 0 fully saturated rings. The Hall–Kier alpha value is -2.22. The molecule has 1 atom stereocenters. The number of esters is 1. The predicted molar refractivity (Wildman–Crippen MR) is 113 cm³/mol. The molecule has 1 aromatic heterocycles. The molecule has 0 bridgehead atoms. The average Bonchev–Trinajstić information content (AvgIpc) is 3.22. The SMILES string of the molecule is C[C@H](OC(=O)CCC(=O)CCC(=O)c1cccs1)C(=O)Nc1cc(Cl)ccc1Cl. The van der Waals surface area contributed by atoms with Crippen LogP contribution in [0, 0.1) is 0 Å². The summed E-state index contributed by atoms with van der Waals surface area (Å²) in [6.07, 6.45) is -1.12. The van der Waals surface area contributed by atoms with E-state index in [1.165, 1.54) is 30.4 Å². The number of hydrogen-bond donors (Lipinski definition) is 1. The smallest absolute Gasteiger partial charge is 0.307 e. The lowest BCUT2D eigenvalue weighted by Gasteiger charge is -2.14. The molecule has 0 radical (unpaired) electrons. The molecule has 154 valence electrons. The number of ether oxygens (including phenoxy) is 1. The van der Waals surface area contributed by atoms with Crippen molar-refractivity contribution in [2.24, 2.45) is 0 Å². The van der Waals surface area contributed by atoms with Gasteiger partial charge in [0.2, 0.25) is 0 Å². The molecule has 0 aliphatic rings. The Morgan fingerprint density at radius 2 is 1.79 bits per heavy atom. The molecular formula is C20H19Cl2NO5S. The van der Waals surface area contributed by atoms with Crippen molar-refractivity contribution < 1.29 is 23.9 Å². The van der Waals surface area contributed by atoms with Crippen LogP contribution in [0.1, 0.15) is 42.3 Å². The third-order valence-corrected chi connectivity index (χ3v) is 5.37. The summed E-state index contributed by atoms with van der Waals surface area (Å²) in [4.78, 5) is 48.4. The lowest BCUT2D eigenvalue weighted by molar-refractivity contribution is -0.153. The number of nitrogens with one attached hydrogen (secondary N) is 1. The van der Waals surface area contributed by atoms with E-state index in [2.05, 4.69) is 5.32 Å². The van der Waals surface area contributed by atoms with Gasteiger partial charge in [-0.25, -0.2) is 0 Å². The second kappa shape index (κ2) is 11.1. The molecule has 0 saturated heterocycles. The van der Waals surface area contributed by atoms with Gasteiger partial charge in [-0.1, -0.05) is 29.3 Å². The minimum absolute atomic E-state index is 0.0506. The van der Waals surface area contributed by atoms with Crippen LogP contribution in [0.2, 0.25) is 10.0 Å². The van der Waals surface area contributed by atoms with E-state index >= 15 is 0 Å². The number of halogens is 2. The quantitative estimate of drug-likeness (QED) is 0.404. The van der Waals surface area contributed by atoms with Crippen LogP contribution in [0.15, 0.2) is 35.7 Å². The highest BCUT2D eigenvalue weighted by Gasteiger charge is 2.20. The molecule has 0 aliphatic heterocycles. The monoisotopic (exact) mass is 455 g/mol. The first-order chi connectivity index (χ1) is 13.8. The van der Waals surface area contributed by atoms with Crippen LogP contribution in [0.5, 0.6) is 0 Å². The van der Waals surface area contributed by atoms with Crippen LogP contribution in [0.3, 0.4) is 0 Å². The van der Waals surface area contributed by atoms with Gasteiger partial charge in [0, 0.05) is 24.3 Å². The fourth-order valence-corrected chi connectivity index (χ4v) is 3.35. The molecule has 0 unspecified atom stereocenters. The molecule has 0 saturated carbocycles. The van der Waals surface area contributed by atoms with Crippen molar-refractivity contribution in [1.82, 2.24) is 0 Å². The zero-order valence-corrected chi connectivity index (χ0v) is 17.9. The maximum absolute atomic E-state index is 12.1. The first-order valence-corrected chi connectivity index (χ1v) is 10.4. The second-order valence-corrected chi connectivity index (χ2v) is 7.98. The van der Waals surface area contributed by atoms with E-state index in [9.17, 15) is 19.2 Å². The van der Waals surface area contributed by atoms with Gasteiger partial charge in [-0.15, -0.1) is 11.3 Å². The van der Waals surface area contributed by atoms with Crippen molar-refractivity contribution in [3.05, 3.63) is 50.6 Å². The number of hydrogen-bond acceptors (Lipinski definition) is 6. The largest absolute Gasteiger partial charge is 0.453 e. The summed E-state index contributed by atoms with van der Waals surface area (Å²) in [6, 6.07) is 8.07. The molecule has 0 spiro atoms. The Labute approximate surface area is 182 Å². The van der Waals surface area contributed by atoms with E-state index in [1.54, 1.807) is 23.6 Å². The maximum atomic E-state index is 12.1. The summed E-state index contributed by atoms with van der Waals surface area (Å²) in [5, 5.41) is 5.01. The van der Waals surface area contributed by atoms with Crippen molar-refractivity contribution in [2.45, 2.75) is 38.7 Å². The van der Waals surface area contributed by atoms with Gasteiger partial charge in [0.1, 0.15) is 5.78 Å². The van der Waals surface area contributed by atoms with E-state index in [0.717, 1.165) is 0 Å². The molecule has 0 aliphatic carbocycles. The minimum atomic E-state index is -1.08. The molecule has 2 aromatic rings. The number of ketones is 2. The highest BCUT2D eigenvalue weighted by molar-refractivity contribution is 7.12. The Morgan fingerprint density at radius 1 is 1.07 bits per heavy atom. The lowest BCUT2D eigenvalue weighted by Crippen LogP contribution is -2.30. The summed E-state index contributed by atoms with van der Waals surface area (Å²) in [6.45, 7) is 1.41. The average molecular weight is 456 g/mol. The fourth-order valence-electron chi connectivity index (χ4n) is 2.32. The Morgan fingerprint density at radius 3 is 2.48 bits per heavy atom. The predicted octanol–water partition coefficient (Wildman–Crippen LogP) is 4.94. The van der Waals surface area contributed by atoms with Crippen molar-refractivity contribution >= 4 is 63.7 Å². The van der Waals surface area contributed by atoms with Crippen molar-refractivity contribution in [1.29, 1.82) is 0 Å². The van der Waals surface area contributed by atoms with E-state index in [1.807, 2.05) is 0 Å². The van der Waals surface area contributed by atoms with Gasteiger partial charge in [-0.3, -0.25) is 19.2 Å². The van der Waals surface area contributed by atoms with Gasteiger partial charge in [-0.05, 0) is 36.6 Å². The summed E-state index contributed by atoms with van der Waals surface area (Å²) in [7, 11) is 0. The number of benzene rings is 1. The summed E-state index contributed by atoms with van der Waals surface area (Å²) in [5.74, 6) is -1.56. The number of anilines is 1. The first-order valence-electron chi connectivity index (χ1n) is 8.80. The number of carbonyl (C=O) groups is 4. The Bertz CT molecular complexity index is 898. The van der Waals surface area contributed by atoms with Gasteiger partial charge < -0.3 is 10.1 Å². The highest BCUT2D eigenvalue weighted by Crippen LogP contribution is 2.25. The number of Topliss-reactive ketones (excluding diaryl/α,β-unsaturated/α-hetero) is 2. The molecule has 29 heavy (non-hydrogen) atoms. The minimum Gasteiger partial charge on any atom is -0.453 e. The van der Waals surface area contributed by atoms with Gasteiger partial charge in [-0.2, -0.15) is 0 Å². The van der Waals surface area contributed by atoms with E-state index in [0.29, 0.717) is 20.6 Å². The topological polar surface area (TPSA) is 89.5 Å². The van der Waals surface area contributed by atoms with E-state index < -0.39 is 18.0 Å². The zero-order valence-electron chi connectivity index (χ0n) is 15.6. The Balaban J connectivity index is 1.72. The summed E-state index contributed by atoms with van der Waals surface area (Å²) >= 11 is 13.2. The molecule has 6 nitrogen and oxygen atoms in total. The van der Waals surface area contributed by atoms with Crippen molar-refractivity contribution in [3.8, 4) is 0 Å². The molecule has 1 heterocycles. The summed E-state index contributed by atoms with van der Waals surface area (Å²) in [5.41, 5.74) is 0.303. The normalized spacial score (nSPS) is 11.6. The number of thiophene rings is 1. The first kappa shape index (κ1) is 23.1. The van der Waals surface area contributed by atoms with Crippen LogP contribution in [-0.2, 0) is 19.1 Å². The number of rotatable bonds is 10. The van der Waals surface area contributed by atoms with Crippen molar-refractivity contribution in [3.63, 3.8) is 0 Å². The molecule has 1 N–H and O–H groups in total. The summed E-state index contributed by atoms with van der Waals surface area (Å²) < 4.78 is 5.04. The number of carbonyl (C=O) groups excluding carboxylic acids is 4. The fraction of sp³-hybridized carbons (Fsp3) is 0.300. The third kappa shape index (κ3) is 7.61. The number of amides is 1. The third-order valence-electron chi connectivity index (χ3n) is 3.90. The molecular weight excluding hydrogens is 437 g/mol. The van der Waals surface area contributed by atoms with Gasteiger partial charge in [0.05, 0.1) is 22.0 Å². The van der Waals surface area contributed by atoms with E-state index in [-0.39, 0.29) is 37.2 Å². The zero-order chi connectivity index (χ0) is 21.4. The maximum Gasteiger partial charge on any atom is 0.307 e.